The Morgan fingerprint density at radius 1 is 0.895 bits per heavy atom. The van der Waals surface area contributed by atoms with Gasteiger partial charge < -0.3 is 19.9 Å². The van der Waals surface area contributed by atoms with Crippen molar-refractivity contribution in [1.29, 1.82) is 0 Å². The largest absolute Gasteiger partial charge is 0.416 e. The van der Waals surface area contributed by atoms with Crippen LogP contribution in [0.2, 0.25) is 0 Å². The molecule has 0 radical (unpaired) electrons. The maximum absolute atomic E-state index is 12.7. The Labute approximate surface area is 223 Å². The van der Waals surface area contributed by atoms with Crippen molar-refractivity contribution in [3.63, 3.8) is 0 Å². The molecule has 9 heteroatoms. The lowest BCUT2D eigenvalue weighted by Crippen LogP contribution is -2.50. The quantitative estimate of drug-likeness (QED) is 0.523. The maximum atomic E-state index is 12.7. The number of amides is 2. The topological polar surface area (TPSA) is 90.9 Å². The number of nitrogens with one attached hydrogen (secondary N) is 1. The highest BCUT2D eigenvalue weighted by Gasteiger charge is 2.23. The molecule has 0 atom stereocenters. The number of piperidine rings is 1. The van der Waals surface area contributed by atoms with Gasteiger partial charge in [0, 0.05) is 50.0 Å². The lowest BCUT2D eigenvalue weighted by Gasteiger charge is -2.34. The van der Waals surface area contributed by atoms with Crippen LogP contribution in [0.4, 0.5) is 16.3 Å². The molecule has 0 spiro atoms. The molecule has 0 bridgehead atoms. The average Bonchev–Trinajstić information content (AvgIpc) is 2.95. The monoisotopic (exact) mass is 514 g/mol. The summed E-state index contributed by atoms with van der Waals surface area (Å²) in [6, 6.07) is 16.9. The number of likely N-dealkylation sites (tertiary alicyclic amines) is 1. The first kappa shape index (κ1) is 25.7. The number of anilines is 2. The van der Waals surface area contributed by atoms with Crippen molar-refractivity contribution < 1.29 is 14.3 Å². The Hall–Kier alpha value is -3.98. The summed E-state index contributed by atoms with van der Waals surface area (Å²) in [6.45, 7) is 7.62. The van der Waals surface area contributed by atoms with Gasteiger partial charge in [-0.25, -0.2) is 14.8 Å². The zero-order chi connectivity index (χ0) is 26.3. The van der Waals surface area contributed by atoms with Crippen LogP contribution in [0, 0.1) is 6.92 Å². The predicted molar refractivity (Wildman–Crippen MR) is 147 cm³/mol. The molecular weight excluding hydrogens is 480 g/mol. The zero-order valence-corrected chi connectivity index (χ0v) is 21.8. The van der Waals surface area contributed by atoms with Gasteiger partial charge in [-0.15, -0.1) is 0 Å². The third kappa shape index (κ3) is 6.66. The predicted octanol–water partition coefficient (Wildman–Crippen LogP) is 4.34. The van der Waals surface area contributed by atoms with Crippen LogP contribution in [-0.4, -0.2) is 71.0 Å². The van der Waals surface area contributed by atoms with Gasteiger partial charge in [-0.3, -0.25) is 9.69 Å². The summed E-state index contributed by atoms with van der Waals surface area (Å²) in [7, 11) is 0. The minimum atomic E-state index is -0.434. The van der Waals surface area contributed by atoms with E-state index < -0.39 is 6.09 Å². The number of aryl methyl sites for hydroxylation is 1. The number of nitrogens with zero attached hydrogens (tertiary/aromatic N) is 5. The van der Waals surface area contributed by atoms with Crippen LogP contribution in [0.5, 0.6) is 5.88 Å². The highest BCUT2D eigenvalue weighted by atomic mass is 16.6. The summed E-state index contributed by atoms with van der Waals surface area (Å²) < 4.78 is 5.46. The van der Waals surface area contributed by atoms with E-state index >= 15 is 0 Å². The number of ether oxygens (including phenoxy) is 1. The van der Waals surface area contributed by atoms with Crippen LogP contribution < -0.4 is 15.0 Å². The smallest absolute Gasteiger partial charge is 0.391 e. The highest BCUT2D eigenvalue weighted by molar-refractivity contribution is 6.04. The van der Waals surface area contributed by atoms with E-state index in [2.05, 4.69) is 25.1 Å². The maximum Gasteiger partial charge on any atom is 0.416 e. The fourth-order valence-electron chi connectivity index (χ4n) is 4.83. The second kappa shape index (κ2) is 12.0. The number of benzene rings is 1. The van der Waals surface area contributed by atoms with Crippen LogP contribution in [0.1, 0.15) is 40.9 Å². The van der Waals surface area contributed by atoms with Crippen molar-refractivity contribution in [2.24, 2.45) is 0 Å². The van der Waals surface area contributed by atoms with Crippen LogP contribution in [-0.2, 0) is 6.54 Å². The third-order valence-electron chi connectivity index (χ3n) is 6.99. The Balaban J connectivity index is 1.08. The van der Waals surface area contributed by atoms with Crippen LogP contribution in [0.3, 0.4) is 0 Å². The van der Waals surface area contributed by atoms with Crippen LogP contribution >= 0.6 is 0 Å². The van der Waals surface area contributed by atoms with E-state index in [-0.39, 0.29) is 11.8 Å². The first-order valence-electron chi connectivity index (χ1n) is 13.3. The molecule has 2 fully saturated rings. The number of piperazine rings is 1. The van der Waals surface area contributed by atoms with E-state index in [0.29, 0.717) is 37.4 Å². The summed E-state index contributed by atoms with van der Waals surface area (Å²) in [5.74, 6) is 0.908. The van der Waals surface area contributed by atoms with Crippen molar-refractivity contribution >= 4 is 23.5 Å². The van der Waals surface area contributed by atoms with Gasteiger partial charge in [-0.2, -0.15) is 0 Å². The molecule has 198 valence electrons. The number of pyridine rings is 2. The van der Waals surface area contributed by atoms with Gasteiger partial charge in [-0.1, -0.05) is 24.6 Å². The second-order valence-corrected chi connectivity index (χ2v) is 9.85. The highest BCUT2D eigenvalue weighted by Crippen LogP contribution is 2.18. The molecule has 0 aliphatic carbocycles. The molecule has 2 saturated heterocycles. The molecule has 9 nitrogen and oxygen atoms in total. The second-order valence-electron chi connectivity index (χ2n) is 9.85. The molecule has 2 aromatic heterocycles. The van der Waals surface area contributed by atoms with Crippen molar-refractivity contribution in [2.45, 2.75) is 32.7 Å². The molecular formula is C29H34N6O3. The fraction of sp³-hybridized carbons (Fsp3) is 0.379. The number of hydrogen-bond acceptors (Lipinski definition) is 7. The van der Waals surface area contributed by atoms with E-state index in [1.807, 2.05) is 49.4 Å². The number of hydrogen-bond donors (Lipinski definition) is 1. The number of aromatic nitrogens is 2. The molecule has 38 heavy (non-hydrogen) atoms. The Kier molecular flexibility index (Phi) is 8.13. The standard InChI is InChI=1S/C29H34N6O3/c1-22-6-5-7-26(31-22)34-16-18-35(19-17-34)29(37)38-27-13-12-25(20-30-27)32-28(36)24-10-8-23(9-11-24)21-33-14-3-2-4-15-33/h5-13,20H,2-4,14-19,21H2,1H3,(H,32,36). The summed E-state index contributed by atoms with van der Waals surface area (Å²) in [5.41, 5.74) is 3.30. The van der Waals surface area contributed by atoms with Gasteiger partial charge in [0.05, 0.1) is 11.9 Å². The van der Waals surface area contributed by atoms with Gasteiger partial charge in [0.25, 0.3) is 5.91 Å². The average molecular weight is 515 g/mol. The number of rotatable bonds is 6. The molecule has 1 aromatic carbocycles. The van der Waals surface area contributed by atoms with E-state index in [4.69, 9.17) is 4.74 Å². The first-order valence-corrected chi connectivity index (χ1v) is 13.3. The van der Waals surface area contributed by atoms with Crippen molar-refractivity contribution in [3.05, 3.63) is 77.6 Å². The van der Waals surface area contributed by atoms with E-state index in [9.17, 15) is 9.59 Å². The molecule has 2 aliphatic heterocycles. The lowest BCUT2D eigenvalue weighted by atomic mass is 10.1. The van der Waals surface area contributed by atoms with Crippen molar-refractivity contribution in [1.82, 2.24) is 19.8 Å². The van der Waals surface area contributed by atoms with Crippen LogP contribution in [0.15, 0.2) is 60.8 Å². The Bertz CT molecular complexity index is 1230. The van der Waals surface area contributed by atoms with Crippen LogP contribution in [0.25, 0.3) is 0 Å². The third-order valence-corrected chi connectivity index (χ3v) is 6.99. The van der Waals surface area contributed by atoms with Gasteiger partial charge in [0.2, 0.25) is 5.88 Å². The summed E-state index contributed by atoms with van der Waals surface area (Å²) >= 11 is 0. The summed E-state index contributed by atoms with van der Waals surface area (Å²) in [6.07, 6.45) is 4.90. The number of carbonyl (C=O) groups excluding carboxylic acids is 2. The molecule has 3 aromatic rings. The Morgan fingerprint density at radius 3 is 2.34 bits per heavy atom. The normalized spacial score (nSPS) is 16.2. The van der Waals surface area contributed by atoms with Crippen molar-refractivity contribution in [3.8, 4) is 5.88 Å². The molecule has 2 aliphatic rings. The SMILES string of the molecule is Cc1cccc(N2CCN(C(=O)Oc3ccc(NC(=O)c4ccc(CN5CCCCC5)cc4)cn3)CC2)n1. The molecule has 0 unspecified atom stereocenters. The van der Waals surface area contributed by atoms with Gasteiger partial charge >= 0.3 is 6.09 Å². The lowest BCUT2D eigenvalue weighted by molar-refractivity contribution is 0.102. The van der Waals surface area contributed by atoms with E-state index in [1.165, 1.54) is 31.0 Å². The zero-order valence-electron chi connectivity index (χ0n) is 21.8. The number of carbonyl (C=O) groups is 2. The van der Waals surface area contributed by atoms with Gasteiger partial charge in [-0.05, 0) is 68.8 Å². The van der Waals surface area contributed by atoms with Gasteiger partial charge in [0.15, 0.2) is 0 Å². The van der Waals surface area contributed by atoms with E-state index in [1.54, 1.807) is 17.0 Å². The molecule has 0 saturated carbocycles. The first-order chi connectivity index (χ1) is 18.5. The summed E-state index contributed by atoms with van der Waals surface area (Å²) in [5, 5.41) is 2.85. The summed E-state index contributed by atoms with van der Waals surface area (Å²) in [4.78, 5) is 40.4. The minimum Gasteiger partial charge on any atom is -0.391 e. The van der Waals surface area contributed by atoms with Gasteiger partial charge in [0.1, 0.15) is 5.82 Å². The van der Waals surface area contributed by atoms with E-state index in [0.717, 1.165) is 31.1 Å². The Morgan fingerprint density at radius 2 is 1.66 bits per heavy atom. The molecule has 1 N–H and O–H groups in total. The molecule has 2 amide bonds. The fourth-order valence-corrected chi connectivity index (χ4v) is 4.83. The molecule has 5 rings (SSSR count). The van der Waals surface area contributed by atoms with Crippen molar-refractivity contribution in [2.75, 3.05) is 49.5 Å². The molecule has 4 heterocycles. The minimum absolute atomic E-state index is 0.192.